The molecule has 1 aromatic carbocycles. The summed E-state index contributed by atoms with van der Waals surface area (Å²) < 4.78 is 29.1. The molecule has 2 aromatic heterocycles. The first kappa shape index (κ1) is 17.4. The maximum atomic E-state index is 14.2. The van der Waals surface area contributed by atoms with Gasteiger partial charge in [-0.1, -0.05) is 11.6 Å². The van der Waals surface area contributed by atoms with Crippen molar-refractivity contribution < 1.29 is 13.6 Å². The molecule has 9 heteroatoms. The lowest BCUT2D eigenvalue weighted by atomic mass is 10.0. The summed E-state index contributed by atoms with van der Waals surface area (Å²) in [6.45, 7) is 1.17. The van der Waals surface area contributed by atoms with Gasteiger partial charge >= 0.3 is 6.03 Å². The number of fused-ring (bicyclic) bond motifs is 1. The number of nitrogens with zero attached hydrogens (tertiary/aromatic N) is 4. The molecule has 2 amide bonds. The van der Waals surface area contributed by atoms with Crippen LogP contribution in [0.15, 0.2) is 42.7 Å². The summed E-state index contributed by atoms with van der Waals surface area (Å²) in [7, 11) is 0. The Labute approximate surface area is 158 Å². The van der Waals surface area contributed by atoms with Crippen LogP contribution >= 0.6 is 11.6 Å². The van der Waals surface area contributed by atoms with Gasteiger partial charge in [0.25, 0.3) is 0 Å². The second-order valence-electron chi connectivity index (χ2n) is 6.07. The van der Waals surface area contributed by atoms with Crippen molar-refractivity contribution in [1.82, 2.24) is 19.7 Å². The lowest BCUT2D eigenvalue weighted by Crippen LogP contribution is -2.41. The molecule has 3 aromatic rings. The first-order chi connectivity index (χ1) is 13.0. The number of nitrogens with one attached hydrogen (secondary N) is 1. The number of benzene rings is 1. The largest absolute Gasteiger partial charge is 0.322 e. The van der Waals surface area contributed by atoms with Crippen molar-refractivity contribution in [2.24, 2.45) is 0 Å². The quantitative estimate of drug-likeness (QED) is 0.675. The third-order valence-corrected chi connectivity index (χ3v) is 4.56. The number of urea groups is 1. The van der Waals surface area contributed by atoms with E-state index in [0.717, 1.165) is 6.07 Å². The van der Waals surface area contributed by atoms with Crippen LogP contribution in [0.5, 0.6) is 0 Å². The smallest absolute Gasteiger partial charge is 0.317 e. The van der Waals surface area contributed by atoms with E-state index in [4.69, 9.17) is 11.6 Å². The second kappa shape index (κ2) is 6.96. The van der Waals surface area contributed by atoms with Crippen molar-refractivity contribution in [3.63, 3.8) is 0 Å². The summed E-state index contributed by atoms with van der Waals surface area (Å²) >= 11 is 5.83. The van der Waals surface area contributed by atoms with E-state index in [1.807, 2.05) is 0 Å². The molecule has 0 saturated carbocycles. The fourth-order valence-electron chi connectivity index (χ4n) is 3.03. The van der Waals surface area contributed by atoms with Crippen molar-refractivity contribution >= 4 is 23.3 Å². The lowest BCUT2D eigenvalue weighted by Gasteiger charge is -2.28. The minimum Gasteiger partial charge on any atom is -0.317 e. The fourth-order valence-corrected chi connectivity index (χ4v) is 3.21. The fraction of sp³-hybridized carbons (Fsp3) is 0.167. The predicted molar refractivity (Wildman–Crippen MR) is 96.3 cm³/mol. The summed E-state index contributed by atoms with van der Waals surface area (Å²) in [6, 6.07) is 6.28. The van der Waals surface area contributed by atoms with Crippen LogP contribution in [0.25, 0.3) is 11.1 Å². The Balaban J connectivity index is 1.57. The van der Waals surface area contributed by atoms with Crippen molar-refractivity contribution in [3.8, 4) is 11.1 Å². The highest BCUT2D eigenvalue weighted by Crippen LogP contribution is 2.29. The van der Waals surface area contributed by atoms with E-state index in [-0.39, 0.29) is 23.3 Å². The van der Waals surface area contributed by atoms with E-state index in [1.54, 1.807) is 21.7 Å². The molecule has 0 spiro atoms. The summed E-state index contributed by atoms with van der Waals surface area (Å²) in [5.41, 5.74) is 2.01. The molecule has 0 bridgehead atoms. The van der Waals surface area contributed by atoms with Crippen molar-refractivity contribution in [2.75, 3.05) is 11.9 Å². The molecule has 138 valence electrons. The average molecular weight is 390 g/mol. The standard InChI is InChI=1S/C18H14ClF2N5O/c19-17-8-12(3-4-22-17)24-18(27)25-5-6-26-16(10-25)14(9-23-26)13-2-1-11(20)7-15(13)21/h1-4,7-9H,5-6,10H2,(H,22,24,27). The van der Waals surface area contributed by atoms with Crippen LogP contribution in [-0.4, -0.2) is 32.2 Å². The Morgan fingerprint density at radius 1 is 1.15 bits per heavy atom. The molecule has 4 rings (SSSR count). The zero-order chi connectivity index (χ0) is 19.0. The van der Waals surface area contributed by atoms with Gasteiger partial charge in [0.1, 0.15) is 16.8 Å². The predicted octanol–water partition coefficient (Wildman–Crippen LogP) is 3.92. The van der Waals surface area contributed by atoms with Gasteiger partial charge in [0.05, 0.1) is 25.0 Å². The Morgan fingerprint density at radius 3 is 2.78 bits per heavy atom. The first-order valence-electron chi connectivity index (χ1n) is 8.19. The molecule has 0 unspecified atom stereocenters. The number of aromatic nitrogens is 3. The maximum absolute atomic E-state index is 14.2. The number of anilines is 1. The zero-order valence-corrected chi connectivity index (χ0v) is 14.7. The van der Waals surface area contributed by atoms with Crippen LogP contribution in [0, 0.1) is 11.6 Å². The molecule has 27 heavy (non-hydrogen) atoms. The number of hydrogen-bond acceptors (Lipinski definition) is 3. The zero-order valence-electron chi connectivity index (χ0n) is 14.0. The highest BCUT2D eigenvalue weighted by molar-refractivity contribution is 6.29. The van der Waals surface area contributed by atoms with Gasteiger partial charge in [-0.25, -0.2) is 18.6 Å². The van der Waals surface area contributed by atoms with E-state index >= 15 is 0 Å². The van der Waals surface area contributed by atoms with E-state index < -0.39 is 11.6 Å². The average Bonchev–Trinajstić information content (AvgIpc) is 3.05. The molecular weight excluding hydrogens is 376 g/mol. The number of halogens is 3. The van der Waals surface area contributed by atoms with E-state index in [1.165, 1.54) is 24.5 Å². The van der Waals surface area contributed by atoms with Crippen LogP contribution in [0.2, 0.25) is 5.15 Å². The third-order valence-electron chi connectivity index (χ3n) is 4.36. The monoisotopic (exact) mass is 389 g/mol. The number of hydrogen-bond donors (Lipinski definition) is 1. The number of carbonyl (C=O) groups is 1. The Morgan fingerprint density at radius 2 is 2.00 bits per heavy atom. The number of carbonyl (C=O) groups excluding carboxylic acids is 1. The summed E-state index contributed by atoms with van der Waals surface area (Å²) in [6.07, 6.45) is 3.04. The van der Waals surface area contributed by atoms with Gasteiger partial charge in [-0.3, -0.25) is 4.68 Å². The highest BCUT2D eigenvalue weighted by Gasteiger charge is 2.25. The van der Waals surface area contributed by atoms with E-state index in [9.17, 15) is 13.6 Å². The Kier molecular flexibility index (Phi) is 4.49. The topological polar surface area (TPSA) is 63.1 Å². The van der Waals surface area contributed by atoms with Gasteiger partial charge < -0.3 is 10.2 Å². The van der Waals surface area contributed by atoms with Crippen LogP contribution in [0.1, 0.15) is 5.69 Å². The Bertz CT molecular complexity index is 1020. The lowest BCUT2D eigenvalue weighted by molar-refractivity contribution is 0.194. The molecular formula is C18H14ClF2N5O. The van der Waals surface area contributed by atoms with Gasteiger partial charge in [0, 0.05) is 35.6 Å². The van der Waals surface area contributed by atoms with Crippen LogP contribution < -0.4 is 5.32 Å². The molecule has 1 aliphatic rings. The molecule has 0 saturated heterocycles. The number of amides is 2. The number of pyridine rings is 1. The molecule has 0 aliphatic carbocycles. The van der Waals surface area contributed by atoms with E-state index in [2.05, 4.69) is 15.4 Å². The molecule has 1 N–H and O–H groups in total. The van der Waals surface area contributed by atoms with E-state index in [0.29, 0.717) is 30.0 Å². The van der Waals surface area contributed by atoms with Gasteiger partial charge in [0.15, 0.2) is 0 Å². The minimum atomic E-state index is -0.668. The molecule has 6 nitrogen and oxygen atoms in total. The molecule has 0 fully saturated rings. The number of rotatable bonds is 2. The molecule has 0 atom stereocenters. The van der Waals surface area contributed by atoms with Crippen LogP contribution in [0.3, 0.4) is 0 Å². The Hall–Kier alpha value is -3.00. The summed E-state index contributed by atoms with van der Waals surface area (Å²) in [4.78, 5) is 18.0. The molecule has 1 aliphatic heterocycles. The SMILES string of the molecule is O=C(Nc1ccnc(Cl)c1)N1CCn2ncc(-c3ccc(F)cc3F)c2C1. The van der Waals surface area contributed by atoms with Gasteiger partial charge in [-0.15, -0.1) is 0 Å². The van der Waals surface area contributed by atoms with Crippen molar-refractivity contribution in [3.05, 3.63) is 65.2 Å². The molecule has 0 radical (unpaired) electrons. The van der Waals surface area contributed by atoms with Gasteiger partial charge in [0.2, 0.25) is 0 Å². The summed E-state index contributed by atoms with van der Waals surface area (Å²) in [5, 5.41) is 7.30. The van der Waals surface area contributed by atoms with Gasteiger partial charge in [-0.2, -0.15) is 5.10 Å². The van der Waals surface area contributed by atoms with Gasteiger partial charge in [-0.05, 0) is 24.3 Å². The second-order valence-corrected chi connectivity index (χ2v) is 6.46. The third kappa shape index (κ3) is 3.48. The van der Waals surface area contributed by atoms with Crippen LogP contribution in [0.4, 0.5) is 19.3 Å². The van der Waals surface area contributed by atoms with Crippen molar-refractivity contribution in [1.29, 1.82) is 0 Å². The summed E-state index contributed by atoms with van der Waals surface area (Å²) in [5.74, 6) is -1.31. The normalized spacial score (nSPS) is 13.4. The van der Waals surface area contributed by atoms with Crippen molar-refractivity contribution in [2.45, 2.75) is 13.1 Å². The maximum Gasteiger partial charge on any atom is 0.322 e. The van der Waals surface area contributed by atoms with Crippen LogP contribution in [-0.2, 0) is 13.1 Å². The highest BCUT2D eigenvalue weighted by atomic mass is 35.5. The molecule has 3 heterocycles. The minimum absolute atomic E-state index is 0.247. The first-order valence-corrected chi connectivity index (χ1v) is 8.56.